The van der Waals surface area contributed by atoms with Crippen LogP contribution >= 0.6 is 11.3 Å². The highest BCUT2D eigenvalue weighted by molar-refractivity contribution is 7.07. The van der Waals surface area contributed by atoms with Gasteiger partial charge in [0.05, 0.1) is 17.8 Å². The minimum Gasteiger partial charge on any atom is -0.390 e. The number of hydrogen-bond acceptors (Lipinski definition) is 4. The molecule has 0 fully saturated rings. The van der Waals surface area contributed by atoms with Crippen molar-refractivity contribution in [3.63, 3.8) is 0 Å². The van der Waals surface area contributed by atoms with Gasteiger partial charge in [-0.15, -0.1) is 11.3 Å². The van der Waals surface area contributed by atoms with Gasteiger partial charge in [0.25, 0.3) is 0 Å². The molecule has 0 unspecified atom stereocenters. The number of aldehydes is 1. The average molecular weight is 159 g/mol. The third kappa shape index (κ3) is 4.17. The summed E-state index contributed by atoms with van der Waals surface area (Å²) in [6.07, 6.45) is 0.750. The first kappa shape index (κ1) is 9.26. The molecule has 1 aromatic heterocycles. The van der Waals surface area contributed by atoms with E-state index >= 15 is 0 Å². The Labute approximate surface area is 63.3 Å². The molecular formula is C6H9NO2S. The van der Waals surface area contributed by atoms with Gasteiger partial charge in [-0.3, -0.25) is 0 Å². The lowest BCUT2D eigenvalue weighted by atomic mass is 10.5. The molecule has 0 radical (unpaired) electrons. The number of carbonyl (C=O) groups is 1. The van der Waals surface area contributed by atoms with Gasteiger partial charge in [0.15, 0.2) is 0 Å². The molecule has 0 aliphatic heterocycles. The van der Waals surface area contributed by atoms with Crippen molar-refractivity contribution in [3.05, 3.63) is 16.6 Å². The van der Waals surface area contributed by atoms with Crippen LogP contribution in [0.4, 0.5) is 0 Å². The van der Waals surface area contributed by atoms with Gasteiger partial charge >= 0.3 is 0 Å². The van der Waals surface area contributed by atoms with E-state index in [4.69, 9.17) is 9.90 Å². The monoisotopic (exact) mass is 159 g/mol. The Hall–Kier alpha value is -0.740. The highest BCUT2D eigenvalue weighted by atomic mass is 32.1. The van der Waals surface area contributed by atoms with Crippen molar-refractivity contribution in [3.8, 4) is 0 Å². The van der Waals surface area contributed by atoms with E-state index in [0.29, 0.717) is 0 Å². The van der Waals surface area contributed by atoms with Crippen molar-refractivity contribution < 1.29 is 9.90 Å². The Morgan fingerprint density at radius 1 is 1.90 bits per heavy atom. The molecule has 0 saturated carbocycles. The van der Waals surface area contributed by atoms with Crippen LogP contribution in [0.2, 0.25) is 0 Å². The van der Waals surface area contributed by atoms with Crippen molar-refractivity contribution >= 4 is 17.6 Å². The molecule has 0 aromatic carbocycles. The van der Waals surface area contributed by atoms with Crippen LogP contribution in [0.3, 0.4) is 0 Å². The number of nitrogens with zero attached hydrogens (tertiary/aromatic N) is 1. The van der Waals surface area contributed by atoms with Crippen LogP contribution in [0.15, 0.2) is 10.9 Å². The molecule has 0 saturated heterocycles. The summed E-state index contributed by atoms with van der Waals surface area (Å²) in [6.45, 7) is 1.50. The molecule has 0 atom stereocenters. The standard InChI is InChI=1S/C4H5NOS.C2H4O/c6-1-4-2-7-3-5-4;1-2-3/h2-3,6H,1H2;2H,1H3. The first-order chi connectivity index (χ1) is 4.85. The van der Waals surface area contributed by atoms with Gasteiger partial charge in [-0.2, -0.15) is 0 Å². The van der Waals surface area contributed by atoms with Crippen LogP contribution in [0.25, 0.3) is 0 Å². The lowest BCUT2D eigenvalue weighted by Crippen LogP contribution is -1.77. The second kappa shape index (κ2) is 6.38. The second-order valence-corrected chi connectivity index (χ2v) is 2.09. The molecule has 0 aliphatic rings. The molecule has 10 heavy (non-hydrogen) atoms. The third-order valence-electron chi connectivity index (χ3n) is 0.645. The zero-order valence-corrected chi connectivity index (χ0v) is 6.47. The lowest BCUT2D eigenvalue weighted by molar-refractivity contribution is -0.106. The van der Waals surface area contributed by atoms with Crippen LogP contribution in [-0.2, 0) is 11.4 Å². The topological polar surface area (TPSA) is 50.2 Å². The SMILES string of the molecule is CC=O.OCc1cscn1. The number of hydrogen-bond donors (Lipinski definition) is 1. The van der Waals surface area contributed by atoms with Crippen molar-refractivity contribution in [2.45, 2.75) is 13.5 Å². The average Bonchev–Trinajstić information content (AvgIpc) is 2.39. The van der Waals surface area contributed by atoms with Crippen LogP contribution in [0.5, 0.6) is 0 Å². The van der Waals surface area contributed by atoms with Gasteiger partial charge in [-0.1, -0.05) is 0 Å². The fourth-order valence-corrected chi connectivity index (χ4v) is 0.865. The molecule has 0 amide bonds. The summed E-state index contributed by atoms with van der Waals surface area (Å²) < 4.78 is 0. The molecule has 1 heterocycles. The fourth-order valence-electron chi connectivity index (χ4n) is 0.316. The normalized spacial score (nSPS) is 7.80. The summed E-state index contributed by atoms with van der Waals surface area (Å²) >= 11 is 1.49. The van der Waals surface area contributed by atoms with E-state index in [1.807, 2.05) is 5.38 Å². The van der Waals surface area contributed by atoms with E-state index in [1.165, 1.54) is 18.3 Å². The van der Waals surface area contributed by atoms with Crippen LogP contribution < -0.4 is 0 Å². The first-order valence-corrected chi connectivity index (χ1v) is 3.67. The van der Waals surface area contributed by atoms with Gasteiger partial charge in [0, 0.05) is 5.38 Å². The van der Waals surface area contributed by atoms with Gasteiger partial charge < -0.3 is 9.90 Å². The molecule has 0 bridgehead atoms. The highest BCUT2D eigenvalue weighted by Crippen LogP contribution is 1.98. The Bertz CT molecular complexity index is 162. The van der Waals surface area contributed by atoms with Crippen molar-refractivity contribution in [2.75, 3.05) is 0 Å². The summed E-state index contributed by atoms with van der Waals surface area (Å²) in [7, 11) is 0. The second-order valence-electron chi connectivity index (χ2n) is 1.37. The molecule has 56 valence electrons. The van der Waals surface area contributed by atoms with Crippen molar-refractivity contribution in [1.82, 2.24) is 4.98 Å². The third-order valence-corrected chi connectivity index (χ3v) is 1.28. The molecule has 4 heteroatoms. The Morgan fingerprint density at radius 3 is 2.70 bits per heavy atom. The molecule has 3 nitrogen and oxygen atoms in total. The van der Waals surface area contributed by atoms with Crippen LogP contribution in [-0.4, -0.2) is 16.4 Å². The van der Waals surface area contributed by atoms with Crippen molar-refractivity contribution in [2.24, 2.45) is 0 Å². The number of aromatic nitrogens is 1. The maximum atomic E-state index is 8.81. The minimum absolute atomic E-state index is 0.0590. The maximum absolute atomic E-state index is 8.81. The number of thiazole rings is 1. The summed E-state index contributed by atoms with van der Waals surface area (Å²) in [5.74, 6) is 0. The van der Waals surface area contributed by atoms with E-state index < -0.39 is 0 Å². The molecule has 1 aromatic rings. The van der Waals surface area contributed by atoms with Gasteiger partial charge in [0.1, 0.15) is 6.29 Å². The maximum Gasteiger partial charge on any atom is 0.116 e. The zero-order valence-electron chi connectivity index (χ0n) is 5.65. The van der Waals surface area contributed by atoms with E-state index in [9.17, 15) is 0 Å². The highest BCUT2D eigenvalue weighted by Gasteiger charge is 1.85. The van der Waals surface area contributed by atoms with E-state index in [2.05, 4.69) is 4.98 Å². The number of rotatable bonds is 1. The van der Waals surface area contributed by atoms with E-state index in [0.717, 1.165) is 12.0 Å². The number of carbonyl (C=O) groups excluding carboxylic acids is 1. The van der Waals surface area contributed by atoms with Gasteiger partial charge in [-0.05, 0) is 6.92 Å². The molecule has 0 spiro atoms. The number of aliphatic hydroxyl groups excluding tert-OH is 1. The van der Waals surface area contributed by atoms with Gasteiger partial charge in [0.2, 0.25) is 0 Å². The molecule has 1 rings (SSSR count). The van der Waals surface area contributed by atoms with Gasteiger partial charge in [-0.25, -0.2) is 4.98 Å². The quantitative estimate of drug-likeness (QED) is 0.618. The smallest absolute Gasteiger partial charge is 0.116 e. The largest absolute Gasteiger partial charge is 0.390 e. The summed E-state index contributed by atoms with van der Waals surface area (Å²) in [4.78, 5) is 12.6. The predicted octanol–water partition coefficient (Wildman–Crippen LogP) is 0.841. The molecule has 0 aliphatic carbocycles. The van der Waals surface area contributed by atoms with E-state index in [1.54, 1.807) is 5.51 Å². The first-order valence-electron chi connectivity index (χ1n) is 2.72. The summed E-state index contributed by atoms with van der Waals surface area (Å²) in [5, 5.41) is 10.2. The Morgan fingerprint density at radius 2 is 2.50 bits per heavy atom. The summed E-state index contributed by atoms with van der Waals surface area (Å²) in [5.41, 5.74) is 2.45. The molecular weight excluding hydrogens is 150 g/mol. The van der Waals surface area contributed by atoms with E-state index in [-0.39, 0.29) is 6.61 Å². The van der Waals surface area contributed by atoms with Crippen LogP contribution in [0, 0.1) is 0 Å². The van der Waals surface area contributed by atoms with Crippen LogP contribution in [0.1, 0.15) is 12.6 Å². The Kier molecular flexibility index (Phi) is 5.91. The summed E-state index contributed by atoms with van der Waals surface area (Å²) in [6, 6.07) is 0. The zero-order chi connectivity index (χ0) is 7.82. The number of aliphatic hydroxyl groups is 1. The molecule has 1 N–H and O–H groups in total. The van der Waals surface area contributed by atoms with Crippen molar-refractivity contribution in [1.29, 1.82) is 0 Å². The predicted molar refractivity (Wildman–Crippen MR) is 39.8 cm³/mol. The Balaban J connectivity index is 0.000000236. The fraction of sp³-hybridized carbons (Fsp3) is 0.333. The minimum atomic E-state index is 0.0590. The lowest BCUT2D eigenvalue weighted by Gasteiger charge is -1.77.